The molecule has 3 aromatic rings. The maximum absolute atomic E-state index is 12.0. The molecule has 1 amide bonds. The summed E-state index contributed by atoms with van der Waals surface area (Å²) in [6, 6.07) is 15.7. The maximum Gasteiger partial charge on any atom is 0.220 e. The van der Waals surface area contributed by atoms with E-state index in [1.165, 1.54) is 4.70 Å². The molecule has 0 aliphatic carbocycles. The van der Waals surface area contributed by atoms with Crippen LogP contribution in [0, 0.1) is 0 Å². The van der Waals surface area contributed by atoms with Gasteiger partial charge >= 0.3 is 0 Å². The van der Waals surface area contributed by atoms with Crippen LogP contribution in [0.1, 0.15) is 17.0 Å². The van der Waals surface area contributed by atoms with Crippen molar-refractivity contribution in [1.29, 1.82) is 0 Å². The Morgan fingerprint density at radius 1 is 1.22 bits per heavy atom. The number of nitrogens with zero attached hydrogens (tertiary/aromatic N) is 1. The van der Waals surface area contributed by atoms with Crippen molar-refractivity contribution in [2.75, 3.05) is 7.11 Å². The highest BCUT2D eigenvalue weighted by molar-refractivity contribution is 7.18. The van der Waals surface area contributed by atoms with Gasteiger partial charge in [0.15, 0.2) is 0 Å². The number of nitrogens with one attached hydrogen (secondary N) is 1. The minimum atomic E-state index is 0.0343. The number of hydrogen-bond donors (Lipinski definition) is 1. The summed E-state index contributed by atoms with van der Waals surface area (Å²) in [4.78, 5) is 16.5. The van der Waals surface area contributed by atoms with Gasteiger partial charge in [0.05, 0.1) is 22.3 Å². The molecule has 1 aromatic heterocycles. The standard InChI is InChI=1S/C18H18N2O2S/c1-22-14-6-4-5-13(11-14)12-19-17(21)9-10-18-20-15-7-2-3-8-16(15)23-18/h2-8,11H,9-10,12H2,1H3,(H,19,21). The van der Waals surface area contributed by atoms with Gasteiger partial charge in [-0.2, -0.15) is 0 Å². The molecule has 0 radical (unpaired) electrons. The van der Waals surface area contributed by atoms with Crippen LogP contribution in [0.3, 0.4) is 0 Å². The summed E-state index contributed by atoms with van der Waals surface area (Å²) < 4.78 is 6.34. The smallest absolute Gasteiger partial charge is 0.220 e. The van der Waals surface area contributed by atoms with Crippen molar-refractivity contribution in [3.63, 3.8) is 0 Å². The highest BCUT2D eigenvalue weighted by Gasteiger charge is 2.07. The van der Waals surface area contributed by atoms with Crippen LogP contribution in [0.25, 0.3) is 10.2 Å². The van der Waals surface area contributed by atoms with Gasteiger partial charge < -0.3 is 10.1 Å². The molecule has 0 aliphatic heterocycles. The molecule has 0 atom stereocenters. The van der Waals surface area contributed by atoms with Crippen LogP contribution >= 0.6 is 11.3 Å². The van der Waals surface area contributed by atoms with Gasteiger partial charge in [-0.25, -0.2) is 4.98 Å². The van der Waals surface area contributed by atoms with E-state index in [1.54, 1.807) is 18.4 Å². The lowest BCUT2D eigenvalue weighted by Gasteiger charge is -2.06. The van der Waals surface area contributed by atoms with E-state index in [0.717, 1.165) is 21.8 Å². The number of rotatable bonds is 6. The van der Waals surface area contributed by atoms with Crippen molar-refractivity contribution >= 4 is 27.5 Å². The molecule has 4 nitrogen and oxygen atoms in total. The van der Waals surface area contributed by atoms with Crippen molar-refractivity contribution in [2.24, 2.45) is 0 Å². The minimum absolute atomic E-state index is 0.0343. The van der Waals surface area contributed by atoms with Crippen LogP contribution in [0.2, 0.25) is 0 Å². The van der Waals surface area contributed by atoms with E-state index in [9.17, 15) is 4.79 Å². The Hall–Kier alpha value is -2.40. The van der Waals surface area contributed by atoms with E-state index in [2.05, 4.69) is 16.4 Å². The van der Waals surface area contributed by atoms with Crippen LogP contribution in [0.5, 0.6) is 5.75 Å². The molecule has 0 spiro atoms. The molecule has 0 bridgehead atoms. The van der Waals surface area contributed by atoms with Crippen molar-refractivity contribution in [1.82, 2.24) is 10.3 Å². The minimum Gasteiger partial charge on any atom is -0.497 e. The zero-order valence-electron chi connectivity index (χ0n) is 12.9. The highest BCUT2D eigenvalue weighted by atomic mass is 32.1. The molecule has 1 N–H and O–H groups in total. The van der Waals surface area contributed by atoms with Crippen molar-refractivity contribution in [3.8, 4) is 5.75 Å². The van der Waals surface area contributed by atoms with Gasteiger partial charge in [0.2, 0.25) is 5.91 Å². The summed E-state index contributed by atoms with van der Waals surface area (Å²) in [6.45, 7) is 0.510. The first-order chi connectivity index (χ1) is 11.2. The summed E-state index contributed by atoms with van der Waals surface area (Å²) >= 11 is 1.65. The lowest BCUT2D eigenvalue weighted by atomic mass is 10.2. The first kappa shape index (κ1) is 15.5. The van der Waals surface area contributed by atoms with Gasteiger partial charge in [-0.3, -0.25) is 4.79 Å². The Morgan fingerprint density at radius 3 is 2.91 bits per heavy atom. The van der Waals surface area contributed by atoms with Crippen LogP contribution < -0.4 is 10.1 Å². The monoisotopic (exact) mass is 326 g/mol. The molecular weight excluding hydrogens is 308 g/mol. The van der Waals surface area contributed by atoms with E-state index in [1.807, 2.05) is 42.5 Å². The van der Waals surface area contributed by atoms with Gasteiger partial charge in [-0.05, 0) is 29.8 Å². The molecule has 118 valence electrons. The first-order valence-corrected chi connectivity index (χ1v) is 8.30. The number of ether oxygens (including phenoxy) is 1. The van der Waals surface area contributed by atoms with Crippen molar-refractivity contribution < 1.29 is 9.53 Å². The summed E-state index contributed by atoms with van der Waals surface area (Å²) in [5.74, 6) is 0.832. The van der Waals surface area contributed by atoms with Gasteiger partial charge in [0.25, 0.3) is 0 Å². The maximum atomic E-state index is 12.0. The van der Waals surface area contributed by atoms with Gasteiger partial charge in [0.1, 0.15) is 5.75 Å². The third-order valence-corrected chi connectivity index (χ3v) is 4.62. The third kappa shape index (κ3) is 4.07. The quantitative estimate of drug-likeness (QED) is 0.753. The lowest BCUT2D eigenvalue weighted by Crippen LogP contribution is -2.22. The van der Waals surface area contributed by atoms with E-state index >= 15 is 0 Å². The molecule has 0 fully saturated rings. The topological polar surface area (TPSA) is 51.2 Å². The summed E-state index contributed by atoms with van der Waals surface area (Å²) in [5.41, 5.74) is 2.03. The predicted molar refractivity (Wildman–Crippen MR) is 92.8 cm³/mol. The van der Waals surface area contributed by atoms with E-state index < -0.39 is 0 Å². The summed E-state index contributed by atoms with van der Waals surface area (Å²) in [7, 11) is 1.63. The number of aryl methyl sites for hydroxylation is 1. The molecule has 1 heterocycles. The van der Waals surface area contributed by atoms with Crippen LogP contribution in [0.15, 0.2) is 48.5 Å². The number of carbonyl (C=O) groups is 1. The summed E-state index contributed by atoms with van der Waals surface area (Å²) in [6.07, 6.45) is 1.12. The van der Waals surface area contributed by atoms with Crippen LogP contribution in [-0.2, 0) is 17.8 Å². The fraction of sp³-hybridized carbons (Fsp3) is 0.222. The second-order valence-electron chi connectivity index (χ2n) is 5.20. The fourth-order valence-corrected chi connectivity index (χ4v) is 3.29. The Bertz CT molecular complexity index is 780. The number of aromatic nitrogens is 1. The Labute approximate surface area is 139 Å². The number of amides is 1. The fourth-order valence-electron chi connectivity index (χ4n) is 2.32. The van der Waals surface area contributed by atoms with Crippen molar-refractivity contribution in [3.05, 3.63) is 59.1 Å². The molecular formula is C18H18N2O2S. The van der Waals surface area contributed by atoms with E-state index in [-0.39, 0.29) is 5.91 Å². The third-order valence-electron chi connectivity index (χ3n) is 3.53. The number of benzene rings is 2. The number of methoxy groups -OCH3 is 1. The number of thiazole rings is 1. The second kappa shape index (κ2) is 7.24. The van der Waals surface area contributed by atoms with Crippen molar-refractivity contribution in [2.45, 2.75) is 19.4 Å². The highest BCUT2D eigenvalue weighted by Crippen LogP contribution is 2.22. The molecule has 0 aliphatic rings. The van der Waals surface area contributed by atoms with E-state index in [0.29, 0.717) is 19.4 Å². The number of hydrogen-bond acceptors (Lipinski definition) is 4. The zero-order valence-corrected chi connectivity index (χ0v) is 13.7. The Morgan fingerprint density at radius 2 is 2.09 bits per heavy atom. The molecule has 5 heteroatoms. The molecule has 0 saturated heterocycles. The average molecular weight is 326 g/mol. The first-order valence-electron chi connectivity index (χ1n) is 7.48. The normalized spacial score (nSPS) is 10.7. The molecule has 2 aromatic carbocycles. The number of carbonyl (C=O) groups excluding carboxylic acids is 1. The largest absolute Gasteiger partial charge is 0.497 e. The van der Waals surface area contributed by atoms with Gasteiger partial charge in [-0.1, -0.05) is 24.3 Å². The predicted octanol–water partition coefficient (Wildman–Crippen LogP) is 3.55. The average Bonchev–Trinajstić information content (AvgIpc) is 3.01. The molecule has 0 saturated carbocycles. The summed E-state index contributed by atoms with van der Waals surface area (Å²) in [5, 5.41) is 3.94. The molecule has 23 heavy (non-hydrogen) atoms. The van der Waals surface area contributed by atoms with Crippen LogP contribution in [0.4, 0.5) is 0 Å². The Kier molecular flexibility index (Phi) is 4.88. The van der Waals surface area contributed by atoms with E-state index in [4.69, 9.17) is 4.74 Å². The van der Waals surface area contributed by atoms with Gasteiger partial charge in [0, 0.05) is 19.4 Å². The number of fused-ring (bicyclic) bond motifs is 1. The SMILES string of the molecule is COc1cccc(CNC(=O)CCc2nc3ccccc3s2)c1. The zero-order chi connectivity index (χ0) is 16.1. The number of para-hydroxylation sites is 1. The Balaban J connectivity index is 1.51. The van der Waals surface area contributed by atoms with Crippen LogP contribution in [-0.4, -0.2) is 18.0 Å². The lowest BCUT2D eigenvalue weighted by molar-refractivity contribution is -0.121. The molecule has 0 unspecified atom stereocenters. The van der Waals surface area contributed by atoms with Gasteiger partial charge in [-0.15, -0.1) is 11.3 Å². The molecule has 3 rings (SSSR count). The second-order valence-corrected chi connectivity index (χ2v) is 6.32.